The van der Waals surface area contributed by atoms with Crippen molar-refractivity contribution in [2.45, 2.75) is 44.9 Å². The third-order valence-corrected chi connectivity index (χ3v) is 4.07. The van der Waals surface area contributed by atoms with E-state index in [1.165, 1.54) is 11.1 Å². The third kappa shape index (κ3) is 3.70. The number of hydrogen-bond donors (Lipinski definition) is 0. The maximum Gasteiger partial charge on any atom is 0.226 e. The van der Waals surface area contributed by atoms with Crippen LogP contribution in [0.2, 0.25) is 0 Å². The molecule has 0 radical (unpaired) electrons. The Morgan fingerprint density at radius 2 is 1.95 bits per heavy atom. The summed E-state index contributed by atoms with van der Waals surface area (Å²) < 4.78 is 10.7. The predicted molar refractivity (Wildman–Crippen MR) is 80.3 cm³/mol. The minimum atomic E-state index is 0.323. The van der Waals surface area contributed by atoms with Crippen LogP contribution in [0.25, 0.3) is 0 Å². The van der Waals surface area contributed by atoms with Gasteiger partial charge in [0.25, 0.3) is 0 Å². The second-order valence-electron chi connectivity index (χ2n) is 5.63. The van der Waals surface area contributed by atoms with Crippen molar-refractivity contribution in [3.63, 3.8) is 0 Å². The highest BCUT2D eigenvalue weighted by atomic mass is 16.5. The van der Waals surface area contributed by atoms with Gasteiger partial charge in [-0.05, 0) is 36.8 Å². The Hall–Kier alpha value is -1.68. The monoisotopic (exact) mass is 286 g/mol. The van der Waals surface area contributed by atoms with Gasteiger partial charge in [0.1, 0.15) is 0 Å². The molecule has 112 valence electrons. The zero-order valence-corrected chi connectivity index (χ0v) is 12.5. The SMILES string of the molecule is CCc1ccc(CCCc2nc([C@H]3CCOC3)no2)cc1. The molecule has 2 aromatic rings. The summed E-state index contributed by atoms with van der Waals surface area (Å²) in [6, 6.07) is 8.85. The van der Waals surface area contributed by atoms with Gasteiger partial charge in [-0.1, -0.05) is 36.3 Å². The van der Waals surface area contributed by atoms with E-state index >= 15 is 0 Å². The van der Waals surface area contributed by atoms with Crippen molar-refractivity contribution in [3.8, 4) is 0 Å². The van der Waals surface area contributed by atoms with E-state index in [2.05, 4.69) is 41.3 Å². The van der Waals surface area contributed by atoms with Crippen molar-refractivity contribution >= 4 is 0 Å². The summed E-state index contributed by atoms with van der Waals surface area (Å²) in [6.07, 6.45) is 5.03. The highest BCUT2D eigenvalue weighted by Gasteiger charge is 2.22. The first-order valence-corrected chi connectivity index (χ1v) is 7.83. The first-order valence-electron chi connectivity index (χ1n) is 7.83. The summed E-state index contributed by atoms with van der Waals surface area (Å²) in [4.78, 5) is 4.49. The van der Waals surface area contributed by atoms with Gasteiger partial charge in [0.15, 0.2) is 5.82 Å². The maximum atomic E-state index is 5.36. The molecule has 1 aromatic heterocycles. The fourth-order valence-corrected chi connectivity index (χ4v) is 2.66. The topological polar surface area (TPSA) is 48.2 Å². The molecular formula is C17H22N2O2. The van der Waals surface area contributed by atoms with E-state index in [0.29, 0.717) is 5.92 Å². The normalized spacial score (nSPS) is 18.2. The lowest BCUT2D eigenvalue weighted by atomic mass is 10.1. The number of hydrogen-bond acceptors (Lipinski definition) is 4. The number of rotatable bonds is 6. The number of aryl methyl sites for hydroxylation is 3. The molecule has 1 fully saturated rings. The molecular weight excluding hydrogens is 264 g/mol. The predicted octanol–water partition coefficient (Wildman–Crippen LogP) is 3.31. The molecule has 0 saturated carbocycles. The Morgan fingerprint density at radius 3 is 2.67 bits per heavy atom. The standard InChI is InChI=1S/C17H22N2O2/c1-2-13-6-8-14(9-7-13)4-3-5-16-18-17(19-21-16)15-10-11-20-12-15/h6-9,15H,2-5,10-12H2,1H3/t15-/m0/s1. The van der Waals surface area contributed by atoms with Gasteiger partial charge in [-0.15, -0.1) is 0 Å². The third-order valence-electron chi connectivity index (χ3n) is 4.07. The van der Waals surface area contributed by atoms with Crippen LogP contribution in [0.5, 0.6) is 0 Å². The Balaban J connectivity index is 1.48. The Kier molecular flexibility index (Phi) is 4.65. The van der Waals surface area contributed by atoms with Gasteiger partial charge in [0.2, 0.25) is 5.89 Å². The summed E-state index contributed by atoms with van der Waals surface area (Å²) in [7, 11) is 0. The summed E-state index contributed by atoms with van der Waals surface area (Å²) in [6.45, 7) is 3.71. The lowest BCUT2D eigenvalue weighted by molar-refractivity contribution is 0.192. The van der Waals surface area contributed by atoms with Crippen molar-refractivity contribution in [1.82, 2.24) is 10.1 Å². The van der Waals surface area contributed by atoms with E-state index in [9.17, 15) is 0 Å². The Morgan fingerprint density at radius 1 is 1.14 bits per heavy atom. The van der Waals surface area contributed by atoms with Crippen LogP contribution in [-0.2, 0) is 24.0 Å². The van der Waals surface area contributed by atoms with Gasteiger partial charge < -0.3 is 9.26 Å². The molecule has 21 heavy (non-hydrogen) atoms. The highest BCUT2D eigenvalue weighted by Crippen LogP contribution is 2.22. The largest absolute Gasteiger partial charge is 0.381 e. The smallest absolute Gasteiger partial charge is 0.226 e. The summed E-state index contributed by atoms with van der Waals surface area (Å²) in [5.41, 5.74) is 2.76. The summed E-state index contributed by atoms with van der Waals surface area (Å²) >= 11 is 0. The molecule has 1 aromatic carbocycles. The molecule has 0 N–H and O–H groups in total. The Labute approximate surface area is 125 Å². The minimum Gasteiger partial charge on any atom is -0.381 e. The molecule has 0 aliphatic carbocycles. The average molecular weight is 286 g/mol. The van der Waals surface area contributed by atoms with E-state index in [-0.39, 0.29) is 0 Å². The lowest BCUT2D eigenvalue weighted by Gasteiger charge is -2.01. The molecule has 1 aliphatic rings. The molecule has 0 amide bonds. The Bertz CT molecular complexity index is 556. The number of ether oxygens (including phenoxy) is 1. The number of benzene rings is 1. The van der Waals surface area contributed by atoms with Crippen molar-refractivity contribution in [1.29, 1.82) is 0 Å². The van der Waals surface area contributed by atoms with Gasteiger partial charge in [0.05, 0.1) is 6.61 Å². The molecule has 1 aliphatic heterocycles. The van der Waals surface area contributed by atoms with Gasteiger partial charge in [-0.3, -0.25) is 0 Å². The van der Waals surface area contributed by atoms with Crippen molar-refractivity contribution in [2.24, 2.45) is 0 Å². The fraction of sp³-hybridized carbons (Fsp3) is 0.529. The van der Waals surface area contributed by atoms with Crippen LogP contribution in [0.1, 0.15) is 48.5 Å². The van der Waals surface area contributed by atoms with Crippen LogP contribution in [-0.4, -0.2) is 23.4 Å². The van der Waals surface area contributed by atoms with Crippen LogP contribution < -0.4 is 0 Å². The van der Waals surface area contributed by atoms with Gasteiger partial charge in [-0.25, -0.2) is 0 Å². The molecule has 3 rings (SSSR count). The van der Waals surface area contributed by atoms with E-state index in [1.54, 1.807) is 0 Å². The van der Waals surface area contributed by atoms with Crippen LogP contribution in [0.15, 0.2) is 28.8 Å². The molecule has 0 unspecified atom stereocenters. The zero-order valence-electron chi connectivity index (χ0n) is 12.5. The first-order chi connectivity index (χ1) is 10.3. The maximum absolute atomic E-state index is 5.36. The van der Waals surface area contributed by atoms with E-state index in [1.807, 2.05) is 0 Å². The highest BCUT2D eigenvalue weighted by molar-refractivity contribution is 5.22. The molecule has 1 saturated heterocycles. The van der Waals surface area contributed by atoms with Gasteiger partial charge in [-0.2, -0.15) is 4.98 Å². The second kappa shape index (κ2) is 6.85. The van der Waals surface area contributed by atoms with Crippen LogP contribution in [0.4, 0.5) is 0 Å². The van der Waals surface area contributed by atoms with Crippen molar-refractivity contribution < 1.29 is 9.26 Å². The fourth-order valence-electron chi connectivity index (χ4n) is 2.66. The van der Waals surface area contributed by atoms with Crippen LogP contribution >= 0.6 is 0 Å². The molecule has 1 atom stereocenters. The molecule has 0 bridgehead atoms. The molecule has 2 heterocycles. The van der Waals surface area contributed by atoms with Gasteiger partial charge >= 0.3 is 0 Å². The molecule has 0 spiro atoms. The van der Waals surface area contributed by atoms with Crippen molar-refractivity contribution in [3.05, 3.63) is 47.1 Å². The van der Waals surface area contributed by atoms with Crippen LogP contribution in [0.3, 0.4) is 0 Å². The van der Waals surface area contributed by atoms with E-state index in [0.717, 1.165) is 57.0 Å². The average Bonchev–Trinajstić information content (AvgIpc) is 3.19. The van der Waals surface area contributed by atoms with Crippen LogP contribution in [0, 0.1) is 0 Å². The quantitative estimate of drug-likeness (QED) is 0.817. The zero-order chi connectivity index (χ0) is 14.5. The van der Waals surface area contributed by atoms with Gasteiger partial charge in [0, 0.05) is 18.9 Å². The number of aromatic nitrogens is 2. The first kappa shape index (κ1) is 14.3. The minimum absolute atomic E-state index is 0.323. The van der Waals surface area contributed by atoms with E-state index in [4.69, 9.17) is 9.26 Å². The molecule has 4 heteroatoms. The van der Waals surface area contributed by atoms with E-state index < -0.39 is 0 Å². The lowest BCUT2D eigenvalue weighted by Crippen LogP contribution is -2.00. The summed E-state index contributed by atoms with van der Waals surface area (Å²) in [5.74, 6) is 1.89. The number of nitrogens with zero attached hydrogens (tertiary/aromatic N) is 2. The molecule has 4 nitrogen and oxygen atoms in total. The van der Waals surface area contributed by atoms with Crippen molar-refractivity contribution in [2.75, 3.05) is 13.2 Å². The second-order valence-corrected chi connectivity index (χ2v) is 5.63. The summed E-state index contributed by atoms with van der Waals surface area (Å²) in [5, 5.41) is 4.08.